The summed E-state index contributed by atoms with van der Waals surface area (Å²) in [7, 11) is 1.75. The number of aromatic nitrogens is 6. The summed E-state index contributed by atoms with van der Waals surface area (Å²) in [6, 6.07) is 6.62. The van der Waals surface area contributed by atoms with Gasteiger partial charge in [0, 0.05) is 13.0 Å². The van der Waals surface area contributed by atoms with Gasteiger partial charge in [0.25, 0.3) is 5.56 Å². The lowest BCUT2D eigenvalue weighted by Crippen LogP contribution is -2.23. The maximum Gasteiger partial charge on any atom is 0.280 e. The molecule has 4 aromatic rings. The summed E-state index contributed by atoms with van der Waals surface area (Å²) >= 11 is 0. The van der Waals surface area contributed by atoms with Crippen molar-refractivity contribution in [2.75, 3.05) is 0 Å². The second kappa shape index (κ2) is 6.36. The fraction of sp³-hybridized carbons (Fsp3) is 0.316. The van der Waals surface area contributed by atoms with Crippen LogP contribution in [0.15, 0.2) is 46.2 Å². The van der Waals surface area contributed by atoms with Crippen molar-refractivity contribution in [2.24, 2.45) is 7.05 Å². The number of aryl methyl sites for hydroxylation is 1. The monoisotopic (exact) mass is 380 g/mol. The smallest absolute Gasteiger partial charge is 0.280 e. The average molecular weight is 380 g/mol. The third-order valence-electron chi connectivity index (χ3n) is 5.33. The number of halogens is 1. The topological polar surface area (TPSA) is 91.6 Å². The number of hydrogen-bond acceptors (Lipinski definition) is 6. The van der Waals surface area contributed by atoms with E-state index in [1.807, 2.05) is 12.1 Å². The Kier molecular flexibility index (Phi) is 3.81. The van der Waals surface area contributed by atoms with Crippen LogP contribution < -0.4 is 5.56 Å². The van der Waals surface area contributed by atoms with Crippen LogP contribution in [0.3, 0.4) is 0 Å². The summed E-state index contributed by atoms with van der Waals surface area (Å²) < 4.78 is 21.5. The molecule has 0 N–H and O–H groups in total. The van der Waals surface area contributed by atoms with Gasteiger partial charge in [-0.1, -0.05) is 17.3 Å². The highest BCUT2D eigenvalue weighted by molar-refractivity contribution is 5.68. The highest BCUT2D eigenvalue weighted by atomic mass is 19.1. The molecule has 0 spiro atoms. The zero-order chi connectivity index (χ0) is 19.3. The van der Waals surface area contributed by atoms with E-state index in [0.717, 1.165) is 18.4 Å². The van der Waals surface area contributed by atoms with Crippen LogP contribution in [0.2, 0.25) is 0 Å². The first-order chi connectivity index (χ1) is 13.6. The fourth-order valence-electron chi connectivity index (χ4n) is 3.66. The van der Waals surface area contributed by atoms with Gasteiger partial charge in [0.05, 0.1) is 6.33 Å². The van der Waals surface area contributed by atoms with Crippen molar-refractivity contribution >= 4 is 11.2 Å². The van der Waals surface area contributed by atoms with Crippen molar-refractivity contribution in [3.05, 3.63) is 70.4 Å². The first-order valence-electron chi connectivity index (χ1n) is 9.03. The lowest BCUT2D eigenvalue weighted by Gasteiger charge is -2.33. The highest BCUT2D eigenvalue weighted by Crippen LogP contribution is 2.46. The van der Waals surface area contributed by atoms with Crippen molar-refractivity contribution in [3.63, 3.8) is 0 Å². The van der Waals surface area contributed by atoms with Crippen molar-refractivity contribution in [2.45, 2.75) is 31.2 Å². The second-order valence-corrected chi connectivity index (χ2v) is 7.17. The molecule has 0 saturated heterocycles. The number of nitrogens with zero attached hydrogens (tertiary/aromatic N) is 6. The zero-order valence-corrected chi connectivity index (χ0v) is 15.1. The second-order valence-electron chi connectivity index (χ2n) is 7.17. The molecule has 9 heteroatoms. The number of fused-ring (bicyclic) bond motifs is 1. The molecule has 3 heterocycles. The molecule has 0 aliphatic heterocycles. The number of imidazole rings is 1. The van der Waals surface area contributed by atoms with Crippen LogP contribution in [0.25, 0.3) is 11.2 Å². The number of hydrogen-bond donors (Lipinski definition) is 0. The number of benzene rings is 1. The normalized spacial score (nSPS) is 19.1. The lowest BCUT2D eigenvalue weighted by atomic mass is 9.71. The summed E-state index contributed by atoms with van der Waals surface area (Å²) in [5, 5.41) is 4.08. The van der Waals surface area contributed by atoms with Crippen LogP contribution in [0.4, 0.5) is 4.39 Å². The molecule has 0 atom stereocenters. The van der Waals surface area contributed by atoms with Crippen LogP contribution in [-0.4, -0.2) is 29.2 Å². The highest BCUT2D eigenvalue weighted by Gasteiger charge is 2.34. The minimum absolute atomic E-state index is 0.161. The maximum absolute atomic E-state index is 13.0. The third kappa shape index (κ3) is 2.79. The molecule has 28 heavy (non-hydrogen) atoms. The van der Waals surface area contributed by atoms with E-state index < -0.39 is 0 Å². The molecule has 3 aromatic heterocycles. The summed E-state index contributed by atoms with van der Waals surface area (Å²) in [6.45, 7) is 0.161. The van der Waals surface area contributed by atoms with Gasteiger partial charge in [-0.25, -0.2) is 14.4 Å². The Morgan fingerprint density at radius 3 is 2.68 bits per heavy atom. The summed E-state index contributed by atoms with van der Waals surface area (Å²) in [4.78, 5) is 25.3. The van der Waals surface area contributed by atoms with Gasteiger partial charge in [-0.15, -0.1) is 0 Å². The van der Waals surface area contributed by atoms with Gasteiger partial charge in [0.15, 0.2) is 17.0 Å². The molecule has 1 fully saturated rings. The summed E-state index contributed by atoms with van der Waals surface area (Å²) in [6.07, 6.45) is 4.79. The molecule has 0 radical (unpaired) electrons. The molecule has 1 aromatic carbocycles. The quantitative estimate of drug-likeness (QED) is 0.540. The van der Waals surface area contributed by atoms with Crippen molar-refractivity contribution < 1.29 is 8.91 Å². The van der Waals surface area contributed by atoms with Crippen LogP contribution in [0.1, 0.15) is 42.0 Å². The van der Waals surface area contributed by atoms with Crippen molar-refractivity contribution in [3.8, 4) is 0 Å². The Labute approximate surface area is 158 Å². The van der Waals surface area contributed by atoms with Gasteiger partial charge in [0.2, 0.25) is 5.89 Å². The lowest BCUT2D eigenvalue weighted by molar-refractivity contribution is 0.315. The van der Waals surface area contributed by atoms with E-state index in [4.69, 9.17) is 4.52 Å². The van der Waals surface area contributed by atoms with E-state index in [2.05, 4.69) is 20.1 Å². The largest absolute Gasteiger partial charge is 0.337 e. The van der Waals surface area contributed by atoms with Crippen molar-refractivity contribution in [1.29, 1.82) is 0 Å². The Balaban J connectivity index is 1.30. The third-order valence-corrected chi connectivity index (χ3v) is 5.33. The van der Waals surface area contributed by atoms with Gasteiger partial charge >= 0.3 is 0 Å². The Morgan fingerprint density at radius 1 is 1.14 bits per heavy atom. The molecular weight excluding hydrogens is 363 g/mol. The van der Waals surface area contributed by atoms with E-state index >= 15 is 0 Å². The van der Waals surface area contributed by atoms with Crippen LogP contribution in [0.5, 0.6) is 0 Å². The van der Waals surface area contributed by atoms with Crippen LogP contribution >= 0.6 is 0 Å². The molecule has 5 rings (SSSR count). The van der Waals surface area contributed by atoms with Gasteiger partial charge in [-0.3, -0.25) is 9.36 Å². The predicted molar refractivity (Wildman–Crippen MR) is 97.3 cm³/mol. The SMILES string of the molecule is Cn1cnc2ncn(Cc3nc(C4CC(c5ccc(F)cc5)C4)no3)c(=O)c21. The molecule has 142 valence electrons. The minimum Gasteiger partial charge on any atom is -0.337 e. The van der Waals surface area contributed by atoms with Crippen LogP contribution in [0, 0.1) is 5.82 Å². The Hall–Kier alpha value is -3.36. The predicted octanol–water partition coefficient (Wildman–Crippen LogP) is 2.36. The number of rotatable bonds is 4. The minimum atomic E-state index is -0.225. The van der Waals surface area contributed by atoms with Gasteiger partial charge in [0.1, 0.15) is 18.7 Å². The molecule has 1 aliphatic carbocycles. The molecule has 8 nitrogen and oxygen atoms in total. The summed E-state index contributed by atoms with van der Waals surface area (Å²) in [5.74, 6) is 1.38. The first kappa shape index (κ1) is 16.8. The van der Waals surface area contributed by atoms with E-state index in [-0.39, 0.29) is 23.8 Å². The summed E-state index contributed by atoms with van der Waals surface area (Å²) in [5.41, 5.74) is 1.77. The molecule has 0 unspecified atom stereocenters. The molecule has 0 bridgehead atoms. The zero-order valence-electron chi connectivity index (χ0n) is 15.1. The van der Waals surface area contributed by atoms with Crippen LogP contribution in [-0.2, 0) is 13.6 Å². The first-order valence-corrected chi connectivity index (χ1v) is 9.03. The van der Waals surface area contributed by atoms with E-state index in [0.29, 0.717) is 28.8 Å². The van der Waals surface area contributed by atoms with E-state index in [9.17, 15) is 9.18 Å². The van der Waals surface area contributed by atoms with Gasteiger partial charge in [-0.2, -0.15) is 4.98 Å². The van der Waals surface area contributed by atoms with E-state index in [1.165, 1.54) is 23.0 Å². The van der Waals surface area contributed by atoms with E-state index in [1.54, 1.807) is 17.9 Å². The molecule has 0 amide bonds. The maximum atomic E-state index is 13.0. The van der Waals surface area contributed by atoms with Gasteiger partial charge < -0.3 is 9.09 Å². The Morgan fingerprint density at radius 2 is 1.89 bits per heavy atom. The van der Waals surface area contributed by atoms with Crippen molar-refractivity contribution in [1.82, 2.24) is 29.2 Å². The molecule has 1 saturated carbocycles. The fourth-order valence-corrected chi connectivity index (χ4v) is 3.66. The standard InChI is InChI=1S/C19H17FN6O2/c1-25-9-21-18-16(25)19(27)26(10-22-18)8-15-23-17(24-28-15)13-6-12(7-13)11-2-4-14(20)5-3-11/h2-5,9-10,12-13H,6-8H2,1H3. The molecule has 1 aliphatic rings. The molecular formula is C19H17FN6O2. The Bertz CT molecular complexity index is 1200. The van der Waals surface area contributed by atoms with Gasteiger partial charge in [-0.05, 0) is 36.5 Å². The average Bonchev–Trinajstić information content (AvgIpc) is 3.25.